The molecule has 4 heterocycles. The van der Waals surface area contributed by atoms with Crippen LogP contribution in [0, 0.1) is 6.92 Å². The number of ether oxygens (including phenoxy) is 2. The summed E-state index contributed by atoms with van der Waals surface area (Å²) < 4.78 is 12.9. The summed E-state index contributed by atoms with van der Waals surface area (Å²) in [5.74, 6) is 3.27. The Bertz CT molecular complexity index is 1300. The van der Waals surface area contributed by atoms with E-state index in [-0.39, 0.29) is 0 Å². The number of nitrogens with zero attached hydrogens (tertiary/aromatic N) is 7. The van der Waals surface area contributed by atoms with Crippen LogP contribution in [-0.2, 0) is 6.42 Å². The zero-order chi connectivity index (χ0) is 23.7. The molecular weight excluding hydrogens is 430 g/mol. The van der Waals surface area contributed by atoms with Crippen LogP contribution in [0.4, 0.5) is 11.8 Å². The van der Waals surface area contributed by atoms with Crippen LogP contribution in [0.1, 0.15) is 18.2 Å². The number of rotatable bonds is 6. The van der Waals surface area contributed by atoms with Gasteiger partial charge in [-0.3, -0.25) is 0 Å². The molecule has 9 nitrogen and oxygen atoms in total. The maximum Gasteiger partial charge on any atom is 0.225 e. The SMILES string of the molecule is CCc1c(C)nc2cc(-c3ccc(OC)c(OC)c3)nn2c1N1CCN(c2ncccn2)CC1. The number of aromatic nitrogens is 5. The molecule has 0 spiro atoms. The summed E-state index contributed by atoms with van der Waals surface area (Å²) in [6.07, 6.45) is 4.47. The maximum atomic E-state index is 5.50. The fraction of sp³-hybridized carbons (Fsp3) is 0.360. The average Bonchev–Trinajstić information content (AvgIpc) is 3.31. The number of methoxy groups -OCH3 is 2. The number of hydrogen-bond donors (Lipinski definition) is 0. The summed E-state index contributed by atoms with van der Waals surface area (Å²) in [6, 6.07) is 9.73. The van der Waals surface area contributed by atoms with Crippen LogP contribution in [0.3, 0.4) is 0 Å². The van der Waals surface area contributed by atoms with E-state index < -0.39 is 0 Å². The van der Waals surface area contributed by atoms with Crippen LogP contribution >= 0.6 is 0 Å². The Morgan fingerprint density at radius 2 is 1.62 bits per heavy atom. The van der Waals surface area contributed by atoms with Crippen molar-refractivity contribution in [3.05, 3.63) is 54.0 Å². The zero-order valence-electron chi connectivity index (χ0n) is 20.0. The lowest BCUT2D eigenvalue weighted by atomic mass is 10.1. The predicted molar refractivity (Wildman–Crippen MR) is 132 cm³/mol. The van der Waals surface area contributed by atoms with Crippen molar-refractivity contribution in [3.63, 3.8) is 0 Å². The van der Waals surface area contributed by atoms with E-state index in [2.05, 4.69) is 33.6 Å². The number of anilines is 2. The van der Waals surface area contributed by atoms with Gasteiger partial charge in [0.15, 0.2) is 17.1 Å². The lowest BCUT2D eigenvalue weighted by Gasteiger charge is -2.37. The highest BCUT2D eigenvalue weighted by Crippen LogP contribution is 2.33. The maximum absolute atomic E-state index is 5.50. The van der Waals surface area contributed by atoms with Crippen molar-refractivity contribution >= 4 is 17.4 Å². The number of benzene rings is 1. The quantitative estimate of drug-likeness (QED) is 0.434. The van der Waals surface area contributed by atoms with E-state index in [0.29, 0.717) is 11.5 Å². The molecule has 34 heavy (non-hydrogen) atoms. The molecule has 0 N–H and O–H groups in total. The molecule has 176 valence electrons. The Morgan fingerprint density at radius 3 is 2.29 bits per heavy atom. The highest BCUT2D eigenvalue weighted by Gasteiger charge is 2.25. The van der Waals surface area contributed by atoms with Gasteiger partial charge in [-0.05, 0) is 37.6 Å². The van der Waals surface area contributed by atoms with Crippen molar-refractivity contribution in [2.24, 2.45) is 0 Å². The smallest absolute Gasteiger partial charge is 0.225 e. The van der Waals surface area contributed by atoms with Gasteiger partial charge in [-0.15, -0.1) is 0 Å². The van der Waals surface area contributed by atoms with Gasteiger partial charge in [0.05, 0.1) is 19.9 Å². The highest BCUT2D eigenvalue weighted by molar-refractivity contribution is 5.69. The fourth-order valence-electron chi connectivity index (χ4n) is 4.58. The van der Waals surface area contributed by atoms with Gasteiger partial charge in [0, 0.05) is 61.5 Å². The second-order valence-electron chi connectivity index (χ2n) is 8.25. The second kappa shape index (κ2) is 9.17. The van der Waals surface area contributed by atoms with Gasteiger partial charge in [0.25, 0.3) is 0 Å². The molecule has 1 aliphatic rings. The molecule has 4 aromatic rings. The fourth-order valence-corrected chi connectivity index (χ4v) is 4.58. The van der Waals surface area contributed by atoms with Gasteiger partial charge in [-0.25, -0.2) is 15.0 Å². The molecule has 0 radical (unpaired) electrons. The topological polar surface area (TPSA) is 80.9 Å². The number of piperazine rings is 1. The minimum Gasteiger partial charge on any atom is -0.493 e. The van der Waals surface area contributed by atoms with Crippen molar-refractivity contribution < 1.29 is 9.47 Å². The molecular formula is C25H29N7O2. The van der Waals surface area contributed by atoms with Crippen molar-refractivity contribution in [2.45, 2.75) is 20.3 Å². The summed E-state index contributed by atoms with van der Waals surface area (Å²) in [5, 5.41) is 4.99. The summed E-state index contributed by atoms with van der Waals surface area (Å²) in [6.45, 7) is 7.66. The minimum atomic E-state index is 0.676. The van der Waals surface area contributed by atoms with Crippen LogP contribution in [0.15, 0.2) is 42.7 Å². The predicted octanol–water partition coefficient (Wildman–Crippen LogP) is 3.40. The van der Waals surface area contributed by atoms with Crippen LogP contribution < -0.4 is 19.3 Å². The molecule has 1 aromatic carbocycles. The summed E-state index contributed by atoms with van der Waals surface area (Å²) in [4.78, 5) is 18.3. The van der Waals surface area contributed by atoms with Crippen molar-refractivity contribution in [2.75, 3.05) is 50.2 Å². The summed E-state index contributed by atoms with van der Waals surface area (Å²) >= 11 is 0. The van der Waals surface area contributed by atoms with Crippen LogP contribution in [0.25, 0.3) is 16.9 Å². The molecule has 0 bridgehead atoms. The van der Waals surface area contributed by atoms with Crippen LogP contribution in [-0.4, -0.2) is 65.0 Å². The van der Waals surface area contributed by atoms with E-state index in [1.165, 1.54) is 5.56 Å². The lowest BCUT2D eigenvalue weighted by molar-refractivity contribution is 0.355. The third kappa shape index (κ3) is 3.87. The average molecular weight is 460 g/mol. The first-order valence-corrected chi connectivity index (χ1v) is 11.5. The lowest BCUT2D eigenvalue weighted by Crippen LogP contribution is -2.48. The van der Waals surface area contributed by atoms with Gasteiger partial charge >= 0.3 is 0 Å². The van der Waals surface area contributed by atoms with E-state index in [0.717, 1.165) is 67.0 Å². The molecule has 0 aliphatic carbocycles. The Labute approximate surface area is 199 Å². The first-order chi connectivity index (χ1) is 16.6. The van der Waals surface area contributed by atoms with Gasteiger partial charge in [-0.2, -0.15) is 9.61 Å². The van der Waals surface area contributed by atoms with Gasteiger partial charge in [-0.1, -0.05) is 6.92 Å². The van der Waals surface area contributed by atoms with Crippen LogP contribution in [0.2, 0.25) is 0 Å². The van der Waals surface area contributed by atoms with E-state index in [1.54, 1.807) is 26.6 Å². The zero-order valence-corrected chi connectivity index (χ0v) is 20.0. The van der Waals surface area contributed by atoms with Gasteiger partial charge < -0.3 is 19.3 Å². The molecule has 0 unspecified atom stereocenters. The Kier molecular flexibility index (Phi) is 5.91. The number of aryl methyl sites for hydroxylation is 1. The van der Waals surface area contributed by atoms with Crippen molar-refractivity contribution in [1.82, 2.24) is 24.6 Å². The molecule has 0 amide bonds. The number of fused-ring (bicyclic) bond motifs is 1. The van der Waals surface area contributed by atoms with E-state index >= 15 is 0 Å². The third-order valence-corrected chi connectivity index (χ3v) is 6.33. The molecule has 1 aliphatic heterocycles. The Morgan fingerprint density at radius 1 is 0.912 bits per heavy atom. The standard InChI is InChI=1S/C25H29N7O2/c1-5-19-17(2)28-23-16-20(18-7-8-21(33-3)22(15-18)34-4)29-32(23)24(19)30-11-13-31(14-12-30)25-26-9-6-10-27-25/h6-10,15-16H,5,11-14H2,1-4H3. The molecule has 1 saturated heterocycles. The molecule has 0 saturated carbocycles. The molecule has 5 rings (SSSR count). The normalized spacial score (nSPS) is 14.0. The van der Waals surface area contributed by atoms with E-state index in [1.807, 2.05) is 34.8 Å². The summed E-state index contributed by atoms with van der Waals surface area (Å²) in [5.41, 5.74) is 4.90. The summed E-state index contributed by atoms with van der Waals surface area (Å²) in [7, 11) is 3.28. The highest BCUT2D eigenvalue weighted by atomic mass is 16.5. The van der Waals surface area contributed by atoms with Crippen LogP contribution in [0.5, 0.6) is 11.5 Å². The van der Waals surface area contributed by atoms with Gasteiger partial charge in [0.1, 0.15) is 5.82 Å². The minimum absolute atomic E-state index is 0.676. The molecule has 9 heteroatoms. The number of hydrogen-bond acceptors (Lipinski definition) is 8. The Hall–Kier alpha value is -3.88. The largest absolute Gasteiger partial charge is 0.493 e. The van der Waals surface area contributed by atoms with E-state index in [4.69, 9.17) is 19.6 Å². The van der Waals surface area contributed by atoms with Gasteiger partial charge in [0.2, 0.25) is 5.95 Å². The van der Waals surface area contributed by atoms with Crippen molar-refractivity contribution in [1.29, 1.82) is 0 Å². The van der Waals surface area contributed by atoms with Crippen molar-refractivity contribution in [3.8, 4) is 22.8 Å². The Balaban J connectivity index is 1.52. The van der Waals surface area contributed by atoms with E-state index in [9.17, 15) is 0 Å². The first-order valence-electron chi connectivity index (χ1n) is 11.5. The third-order valence-electron chi connectivity index (χ3n) is 6.33. The molecule has 1 fully saturated rings. The molecule has 0 atom stereocenters. The second-order valence-corrected chi connectivity index (χ2v) is 8.25. The first kappa shape index (κ1) is 21.9. The molecule has 3 aromatic heterocycles. The monoisotopic (exact) mass is 459 g/mol.